The van der Waals surface area contributed by atoms with Crippen LogP contribution in [0.5, 0.6) is 0 Å². The fraction of sp³-hybridized carbons (Fsp3) is 0.667. The Hall–Kier alpha value is -0.830. The number of hydrogen-bond donors (Lipinski definition) is 1. The Balaban J connectivity index is 2.18. The van der Waals surface area contributed by atoms with Gasteiger partial charge in [-0.3, -0.25) is 0 Å². The van der Waals surface area contributed by atoms with Gasteiger partial charge >= 0.3 is 0 Å². The first-order chi connectivity index (χ1) is 5.81. The Morgan fingerprint density at radius 2 is 2.33 bits per heavy atom. The third-order valence-electron chi connectivity index (χ3n) is 2.21. The summed E-state index contributed by atoms with van der Waals surface area (Å²) in [4.78, 5) is 4.37. The minimum atomic E-state index is 0.607. The zero-order chi connectivity index (χ0) is 8.55. The molecule has 1 saturated carbocycles. The van der Waals surface area contributed by atoms with E-state index in [1.807, 2.05) is 6.92 Å². The van der Waals surface area contributed by atoms with E-state index in [-0.39, 0.29) is 0 Å². The van der Waals surface area contributed by atoms with Crippen molar-refractivity contribution in [1.29, 1.82) is 0 Å². The quantitative estimate of drug-likeness (QED) is 0.737. The Morgan fingerprint density at radius 3 is 2.92 bits per heavy atom. The number of nitrogens with zero attached hydrogens (tertiary/aromatic N) is 1. The molecule has 0 atom stereocenters. The summed E-state index contributed by atoms with van der Waals surface area (Å²) in [6.07, 6.45) is 3.29. The van der Waals surface area contributed by atoms with Crippen LogP contribution in [0.2, 0.25) is 0 Å². The van der Waals surface area contributed by atoms with Crippen LogP contribution < -0.4 is 5.73 Å². The summed E-state index contributed by atoms with van der Waals surface area (Å²) in [5.74, 6) is 2.51. The maximum Gasteiger partial charge on any atom is 0.197 e. The molecule has 3 heteroatoms. The monoisotopic (exact) mass is 166 g/mol. The first-order valence-corrected chi connectivity index (χ1v) is 4.47. The zero-order valence-corrected chi connectivity index (χ0v) is 7.34. The summed E-state index contributed by atoms with van der Waals surface area (Å²) in [6.45, 7) is 2.63. The lowest BCUT2D eigenvalue weighted by molar-refractivity contribution is 0.456. The van der Waals surface area contributed by atoms with E-state index in [9.17, 15) is 0 Å². The number of rotatable bonds is 3. The predicted molar refractivity (Wildman–Crippen MR) is 46.0 cm³/mol. The first-order valence-electron chi connectivity index (χ1n) is 4.47. The molecule has 0 radical (unpaired) electrons. The second kappa shape index (κ2) is 2.90. The Morgan fingerprint density at radius 1 is 1.58 bits per heavy atom. The molecular weight excluding hydrogens is 152 g/mol. The SMILES string of the molecule is Cc1nc(C2CC2)oc1CCN. The van der Waals surface area contributed by atoms with Crippen LogP contribution in [0.1, 0.15) is 36.1 Å². The average Bonchev–Trinajstić information content (AvgIpc) is 2.80. The van der Waals surface area contributed by atoms with Gasteiger partial charge in [0.2, 0.25) is 0 Å². The third-order valence-corrected chi connectivity index (χ3v) is 2.21. The smallest absolute Gasteiger partial charge is 0.197 e. The van der Waals surface area contributed by atoms with Crippen molar-refractivity contribution in [3.05, 3.63) is 17.3 Å². The van der Waals surface area contributed by atoms with Crippen molar-refractivity contribution in [2.24, 2.45) is 5.73 Å². The van der Waals surface area contributed by atoms with E-state index in [1.54, 1.807) is 0 Å². The molecule has 2 N–H and O–H groups in total. The van der Waals surface area contributed by atoms with Crippen LogP contribution in [0.15, 0.2) is 4.42 Å². The van der Waals surface area contributed by atoms with E-state index >= 15 is 0 Å². The van der Waals surface area contributed by atoms with E-state index in [1.165, 1.54) is 12.8 Å². The van der Waals surface area contributed by atoms with Crippen LogP contribution in [-0.2, 0) is 6.42 Å². The molecule has 1 aliphatic carbocycles. The van der Waals surface area contributed by atoms with Crippen molar-refractivity contribution in [1.82, 2.24) is 4.98 Å². The third kappa shape index (κ3) is 1.37. The van der Waals surface area contributed by atoms with Gasteiger partial charge in [-0.05, 0) is 26.3 Å². The van der Waals surface area contributed by atoms with Crippen molar-refractivity contribution < 1.29 is 4.42 Å². The van der Waals surface area contributed by atoms with Gasteiger partial charge in [0.25, 0.3) is 0 Å². The molecule has 0 aliphatic heterocycles. The highest BCUT2D eigenvalue weighted by Crippen LogP contribution is 2.39. The van der Waals surface area contributed by atoms with Gasteiger partial charge in [0.1, 0.15) is 5.76 Å². The summed E-state index contributed by atoms with van der Waals surface area (Å²) in [5.41, 5.74) is 6.46. The lowest BCUT2D eigenvalue weighted by Gasteiger charge is -1.91. The molecule has 0 aromatic carbocycles. The van der Waals surface area contributed by atoms with Gasteiger partial charge in [0, 0.05) is 12.3 Å². The number of aromatic nitrogens is 1. The molecule has 3 nitrogen and oxygen atoms in total. The fourth-order valence-corrected chi connectivity index (χ4v) is 1.32. The van der Waals surface area contributed by atoms with Crippen molar-refractivity contribution in [2.75, 3.05) is 6.54 Å². The zero-order valence-electron chi connectivity index (χ0n) is 7.34. The molecule has 1 aromatic rings. The molecule has 0 amide bonds. The topological polar surface area (TPSA) is 52.0 Å². The fourth-order valence-electron chi connectivity index (χ4n) is 1.32. The molecule has 0 spiro atoms. The van der Waals surface area contributed by atoms with Crippen LogP contribution in [-0.4, -0.2) is 11.5 Å². The minimum Gasteiger partial charge on any atom is -0.445 e. The molecule has 0 unspecified atom stereocenters. The highest BCUT2D eigenvalue weighted by Gasteiger charge is 2.29. The van der Waals surface area contributed by atoms with Crippen molar-refractivity contribution in [3.8, 4) is 0 Å². The molecule has 12 heavy (non-hydrogen) atoms. The standard InChI is InChI=1S/C9H14N2O/c1-6-8(4-5-10)12-9(11-6)7-2-3-7/h7H,2-5,10H2,1H3. The Labute approximate surface area is 72.0 Å². The van der Waals surface area contributed by atoms with Gasteiger partial charge in [-0.2, -0.15) is 0 Å². The van der Waals surface area contributed by atoms with Gasteiger partial charge in [0.05, 0.1) is 5.69 Å². The van der Waals surface area contributed by atoms with Gasteiger partial charge in [0.15, 0.2) is 5.89 Å². The summed E-state index contributed by atoms with van der Waals surface area (Å²) >= 11 is 0. The van der Waals surface area contributed by atoms with E-state index in [4.69, 9.17) is 10.2 Å². The number of hydrogen-bond acceptors (Lipinski definition) is 3. The van der Waals surface area contributed by atoms with E-state index in [2.05, 4.69) is 4.98 Å². The Kier molecular flexibility index (Phi) is 1.89. The van der Waals surface area contributed by atoms with Gasteiger partial charge in [-0.25, -0.2) is 4.98 Å². The summed E-state index contributed by atoms with van der Waals surface area (Å²) < 4.78 is 5.59. The molecule has 66 valence electrons. The van der Waals surface area contributed by atoms with E-state index in [0.29, 0.717) is 12.5 Å². The summed E-state index contributed by atoms with van der Waals surface area (Å²) in [6, 6.07) is 0. The Bertz CT molecular complexity index is 276. The number of nitrogens with two attached hydrogens (primary N) is 1. The van der Waals surface area contributed by atoms with Crippen LogP contribution in [0, 0.1) is 6.92 Å². The second-order valence-corrected chi connectivity index (χ2v) is 3.37. The van der Waals surface area contributed by atoms with Crippen LogP contribution in [0.4, 0.5) is 0 Å². The second-order valence-electron chi connectivity index (χ2n) is 3.37. The summed E-state index contributed by atoms with van der Waals surface area (Å²) in [7, 11) is 0. The van der Waals surface area contributed by atoms with Crippen molar-refractivity contribution >= 4 is 0 Å². The van der Waals surface area contributed by atoms with Crippen LogP contribution in [0.25, 0.3) is 0 Å². The van der Waals surface area contributed by atoms with Crippen LogP contribution >= 0.6 is 0 Å². The molecule has 1 aromatic heterocycles. The highest BCUT2D eigenvalue weighted by atomic mass is 16.4. The van der Waals surface area contributed by atoms with E-state index in [0.717, 1.165) is 23.8 Å². The predicted octanol–water partition coefficient (Wildman–Crippen LogP) is 1.36. The number of oxazole rings is 1. The molecule has 0 saturated heterocycles. The molecule has 1 fully saturated rings. The highest BCUT2D eigenvalue weighted by molar-refractivity contribution is 5.12. The summed E-state index contributed by atoms with van der Waals surface area (Å²) in [5, 5.41) is 0. The first kappa shape index (κ1) is 7.80. The number of aryl methyl sites for hydroxylation is 1. The molecule has 1 heterocycles. The van der Waals surface area contributed by atoms with Crippen LogP contribution in [0.3, 0.4) is 0 Å². The lowest BCUT2D eigenvalue weighted by atomic mass is 10.3. The van der Waals surface area contributed by atoms with Gasteiger partial charge in [-0.1, -0.05) is 0 Å². The van der Waals surface area contributed by atoms with Gasteiger partial charge < -0.3 is 10.2 Å². The maximum absolute atomic E-state index is 5.59. The van der Waals surface area contributed by atoms with Gasteiger partial charge in [-0.15, -0.1) is 0 Å². The minimum absolute atomic E-state index is 0.607. The molecular formula is C9H14N2O. The van der Waals surface area contributed by atoms with E-state index < -0.39 is 0 Å². The average molecular weight is 166 g/mol. The molecule has 0 bridgehead atoms. The maximum atomic E-state index is 5.59. The van der Waals surface area contributed by atoms with Crippen molar-refractivity contribution in [3.63, 3.8) is 0 Å². The van der Waals surface area contributed by atoms with Crippen molar-refractivity contribution in [2.45, 2.75) is 32.1 Å². The molecule has 2 rings (SSSR count). The largest absolute Gasteiger partial charge is 0.445 e. The lowest BCUT2D eigenvalue weighted by Crippen LogP contribution is -2.02. The normalized spacial score (nSPS) is 16.8. The molecule has 1 aliphatic rings.